The van der Waals surface area contributed by atoms with Crippen molar-refractivity contribution in [2.75, 3.05) is 18.5 Å². The summed E-state index contributed by atoms with van der Waals surface area (Å²) in [5, 5.41) is 4.00. The van der Waals surface area contributed by atoms with E-state index in [2.05, 4.69) is 48.3 Å². The second-order valence-corrected chi connectivity index (χ2v) is 9.78. The standard InChI is InChI=1S/C24H32N2O3/c1-5-10-22-13-18(14-29-17(4)28)24(15(22)2)23(11-12-26(16(3)27)21(22)23)19-8-6-7-9-20(19)25-24/h6-9,15,18,21,25H,5,10-14H2,1-4H3. The number of nitrogens with zero attached hydrogens (tertiary/aromatic N) is 1. The van der Waals surface area contributed by atoms with Crippen LogP contribution in [0.15, 0.2) is 24.3 Å². The van der Waals surface area contributed by atoms with E-state index in [9.17, 15) is 9.59 Å². The van der Waals surface area contributed by atoms with Crippen molar-refractivity contribution in [3.05, 3.63) is 29.8 Å². The van der Waals surface area contributed by atoms with E-state index in [1.54, 1.807) is 6.92 Å². The SMILES string of the molecule is CCCC12CC(COC(C)=O)C3(Nc4ccccc4C34CCN(C(C)=O)C14)C2C. The Labute approximate surface area is 173 Å². The minimum Gasteiger partial charge on any atom is -0.465 e. The molecule has 29 heavy (non-hydrogen) atoms. The third-order valence-electron chi connectivity index (χ3n) is 8.98. The first kappa shape index (κ1) is 19.0. The molecule has 2 spiro atoms. The number of carbonyl (C=O) groups excluding carboxylic acids is 2. The van der Waals surface area contributed by atoms with Gasteiger partial charge in [-0.05, 0) is 42.2 Å². The van der Waals surface area contributed by atoms with Crippen molar-refractivity contribution in [2.45, 2.75) is 70.4 Å². The van der Waals surface area contributed by atoms with E-state index < -0.39 is 0 Å². The highest BCUT2D eigenvalue weighted by molar-refractivity contribution is 5.78. The summed E-state index contributed by atoms with van der Waals surface area (Å²) in [6.45, 7) is 9.14. The molecule has 2 saturated carbocycles. The monoisotopic (exact) mass is 396 g/mol. The van der Waals surface area contributed by atoms with Crippen molar-refractivity contribution in [3.8, 4) is 0 Å². The second-order valence-electron chi connectivity index (χ2n) is 9.78. The largest absolute Gasteiger partial charge is 0.465 e. The second kappa shape index (κ2) is 5.99. The lowest BCUT2D eigenvalue weighted by molar-refractivity contribution is -0.143. The molecule has 1 amide bonds. The van der Waals surface area contributed by atoms with Crippen LogP contribution in [0.25, 0.3) is 0 Å². The third kappa shape index (κ3) is 1.97. The minimum atomic E-state index is -0.209. The summed E-state index contributed by atoms with van der Waals surface area (Å²) in [6.07, 6.45) is 4.19. The van der Waals surface area contributed by atoms with Crippen LogP contribution >= 0.6 is 0 Å². The quantitative estimate of drug-likeness (QED) is 0.788. The first-order chi connectivity index (χ1) is 13.8. The summed E-state index contributed by atoms with van der Waals surface area (Å²) in [5.74, 6) is 0.635. The van der Waals surface area contributed by atoms with Crippen molar-refractivity contribution >= 4 is 17.6 Å². The molecule has 4 aliphatic rings. The van der Waals surface area contributed by atoms with Gasteiger partial charge in [0.25, 0.3) is 0 Å². The van der Waals surface area contributed by atoms with E-state index in [-0.39, 0.29) is 40.2 Å². The Kier molecular flexibility index (Phi) is 3.92. The van der Waals surface area contributed by atoms with E-state index in [0.29, 0.717) is 12.5 Å². The zero-order chi connectivity index (χ0) is 20.6. The molecule has 2 heterocycles. The van der Waals surface area contributed by atoms with Gasteiger partial charge >= 0.3 is 5.97 Å². The fourth-order valence-electron chi connectivity index (χ4n) is 8.46. The number of hydrogen-bond donors (Lipinski definition) is 1. The van der Waals surface area contributed by atoms with Crippen molar-refractivity contribution in [2.24, 2.45) is 17.3 Å². The predicted octanol–water partition coefficient (Wildman–Crippen LogP) is 3.73. The fourth-order valence-corrected chi connectivity index (χ4v) is 8.46. The highest BCUT2D eigenvalue weighted by Crippen LogP contribution is 2.79. The molecular weight excluding hydrogens is 364 g/mol. The Balaban J connectivity index is 1.74. The summed E-state index contributed by atoms with van der Waals surface area (Å²) < 4.78 is 5.61. The number of para-hydroxylation sites is 1. The lowest BCUT2D eigenvalue weighted by Crippen LogP contribution is -2.62. The van der Waals surface area contributed by atoms with Crippen LogP contribution in [0, 0.1) is 17.3 Å². The van der Waals surface area contributed by atoms with Crippen LogP contribution in [0.2, 0.25) is 0 Å². The minimum absolute atomic E-state index is 0.0578. The number of amides is 1. The highest BCUT2D eigenvalue weighted by Gasteiger charge is 2.84. The van der Waals surface area contributed by atoms with Crippen LogP contribution in [0.3, 0.4) is 0 Å². The molecule has 1 aromatic carbocycles. The maximum Gasteiger partial charge on any atom is 0.302 e. The summed E-state index contributed by atoms with van der Waals surface area (Å²) in [6, 6.07) is 8.88. The molecule has 1 N–H and O–H groups in total. The molecule has 6 atom stereocenters. The van der Waals surface area contributed by atoms with Gasteiger partial charge in [-0.15, -0.1) is 0 Å². The number of rotatable bonds is 4. The smallest absolute Gasteiger partial charge is 0.302 e. The summed E-state index contributed by atoms with van der Waals surface area (Å²) in [5.41, 5.74) is 2.35. The predicted molar refractivity (Wildman–Crippen MR) is 112 cm³/mol. The molecule has 0 radical (unpaired) electrons. The van der Waals surface area contributed by atoms with Gasteiger partial charge in [-0.1, -0.05) is 38.5 Å². The third-order valence-corrected chi connectivity index (χ3v) is 8.98. The van der Waals surface area contributed by atoms with Crippen LogP contribution in [-0.4, -0.2) is 41.5 Å². The number of ether oxygens (including phenoxy) is 1. The summed E-state index contributed by atoms with van der Waals surface area (Å²) >= 11 is 0. The average molecular weight is 397 g/mol. The number of anilines is 1. The number of hydrogen-bond acceptors (Lipinski definition) is 4. The summed E-state index contributed by atoms with van der Waals surface area (Å²) in [7, 11) is 0. The number of nitrogens with one attached hydrogen (secondary N) is 1. The number of fused-ring (bicyclic) bond motifs is 3. The molecule has 156 valence electrons. The van der Waals surface area contributed by atoms with Gasteiger partial charge in [0, 0.05) is 43.5 Å². The normalized spacial score (nSPS) is 41.0. The first-order valence-electron chi connectivity index (χ1n) is 11.1. The lowest BCUT2D eigenvalue weighted by atomic mass is 9.57. The van der Waals surface area contributed by atoms with Crippen LogP contribution < -0.4 is 5.32 Å². The average Bonchev–Trinajstić information content (AvgIpc) is 3.33. The van der Waals surface area contributed by atoms with Gasteiger partial charge in [0.1, 0.15) is 0 Å². The Morgan fingerprint density at radius 1 is 1.28 bits per heavy atom. The molecule has 0 aromatic heterocycles. The fraction of sp³-hybridized carbons (Fsp3) is 0.667. The Hall–Kier alpha value is -2.04. The van der Waals surface area contributed by atoms with Crippen molar-refractivity contribution in [1.82, 2.24) is 4.90 Å². The van der Waals surface area contributed by atoms with E-state index in [0.717, 1.165) is 32.2 Å². The van der Waals surface area contributed by atoms with Gasteiger partial charge < -0.3 is 15.0 Å². The molecule has 5 nitrogen and oxygen atoms in total. The zero-order valence-corrected chi connectivity index (χ0v) is 18.0. The maximum absolute atomic E-state index is 12.7. The van der Waals surface area contributed by atoms with E-state index in [1.165, 1.54) is 18.2 Å². The van der Waals surface area contributed by atoms with Gasteiger partial charge in [-0.25, -0.2) is 0 Å². The van der Waals surface area contributed by atoms with Gasteiger partial charge in [0.05, 0.1) is 12.1 Å². The molecular formula is C24H32N2O3. The Morgan fingerprint density at radius 3 is 2.72 bits per heavy atom. The van der Waals surface area contributed by atoms with Gasteiger partial charge in [-0.3, -0.25) is 9.59 Å². The molecule has 1 aromatic rings. The van der Waals surface area contributed by atoms with Gasteiger partial charge in [0.2, 0.25) is 5.91 Å². The van der Waals surface area contributed by atoms with E-state index >= 15 is 0 Å². The van der Waals surface area contributed by atoms with Crippen molar-refractivity contribution in [3.63, 3.8) is 0 Å². The molecule has 2 aliphatic heterocycles. The zero-order valence-electron chi connectivity index (χ0n) is 18.0. The number of likely N-dealkylation sites (tertiary alicyclic amines) is 1. The molecule has 1 saturated heterocycles. The first-order valence-corrected chi connectivity index (χ1v) is 11.1. The maximum atomic E-state index is 12.7. The van der Waals surface area contributed by atoms with Crippen molar-refractivity contribution in [1.29, 1.82) is 0 Å². The van der Waals surface area contributed by atoms with Gasteiger partial charge in [0.15, 0.2) is 0 Å². The molecule has 2 bridgehead atoms. The molecule has 2 aliphatic carbocycles. The molecule has 5 heteroatoms. The summed E-state index contributed by atoms with van der Waals surface area (Å²) in [4.78, 5) is 26.6. The van der Waals surface area contributed by atoms with Crippen LogP contribution in [-0.2, 0) is 19.7 Å². The molecule has 6 unspecified atom stereocenters. The Bertz CT molecular complexity index is 885. The Morgan fingerprint density at radius 2 is 2.03 bits per heavy atom. The number of benzene rings is 1. The lowest BCUT2D eigenvalue weighted by Gasteiger charge is -2.51. The van der Waals surface area contributed by atoms with Crippen LogP contribution in [0.1, 0.15) is 58.9 Å². The van der Waals surface area contributed by atoms with Crippen molar-refractivity contribution < 1.29 is 14.3 Å². The van der Waals surface area contributed by atoms with Gasteiger partial charge in [-0.2, -0.15) is 0 Å². The highest BCUT2D eigenvalue weighted by atomic mass is 16.5. The topological polar surface area (TPSA) is 58.6 Å². The van der Waals surface area contributed by atoms with Crippen LogP contribution in [0.5, 0.6) is 0 Å². The van der Waals surface area contributed by atoms with E-state index in [1.807, 2.05) is 0 Å². The van der Waals surface area contributed by atoms with Crippen LogP contribution in [0.4, 0.5) is 5.69 Å². The molecule has 3 fully saturated rings. The molecule has 5 rings (SSSR count). The van der Waals surface area contributed by atoms with E-state index in [4.69, 9.17) is 4.74 Å². The number of carbonyl (C=O) groups is 2. The number of esters is 1.